The van der Waals surface area contributed by atoms with Gasteiger partial charge in [-0.15, -0.1) is 6.42 Å². The summed E-state index contributed by atoms with van der Waals surface area (Å²) in [6, 6.07) is 37.2. The Balaban J connectivity index is 1.46. The van der Waals surface area contributed by atoms with E-state index in [1.807, 2.05) is 54.6 Å². The normalized spacial score (nSPS) is 12.2. The molecule has 5 rings (SSSR count). The van der Waals surface area contributed by atoms with E-state index in [9.17, 15) is 4.79 Å². The number of ether oxygens (including phenoxy) is 1. The Hall–Kier alpha value is -4.79. The molecule has 0 saturated heterocycles. The number of fused-ring (bicyclic) bond motifs is 3. The van der Waals surface area contributed by atoms with Gasteiger partial charge in [0.25, 0.3) is 0 Å². The van der Waals surface area contributed by atoms with E-state index in [0.29, 0.717) is 18.4 Å². The first-order valence-corrected chi connectivity index (χ1v) is 11.9. The van der Waals surface area contributed by atoms with Crippen LogP contribution in [-0.2, 0) is 10.3 Å². The second-order valence-electron chi connectivity index (χ2n) is 8.59. The van der Waals surface area contributed by atoms with Gasteiger partial charge in [0.1, 0.15) is 0 Å². The Kier molecular flexibility index (Phi) is 6.53. The number of hydrogen-bond acceptors (Lipinski definition) is 2. The summed E-state index contributed by atoms with van der Waals surface area (Å²) in [5.74, 6) is 8.97. The lowest BCUT2D eigenvalue weighted by Gasteiger charge is -2.28. The van der Waals surface area contributed by atoms with Crippen molar-refractivity contribution < 1.29 is 9.53 Å². The average Bonchev–Trinajstić information content (AvgIpc) is 2.95. The zero-order chi connectivity index (χ0) is 24.8. The predicted octanol–water partition coefficient (Wildman–Crippen LogP) is 7.51. The van der Waals surface area contributed by atoms with Crippen molar-refractivity contribution in [2.75, 3.05) is 0 Å². The molecule has 1 unspecified atom stereocenters. The van der Waals surface area contributed by atoms with Gasteiger partial charge in [0, 0.05) is 24.0 Å². The number of terminal acetylenes is 1. The van der Waals surface area contributed by atoms with Gasteiger partial charge in [0.2, 0.25) is 0 Å². The summed E-state index contributed by atoms with van der Waals surface area (Å²) in [5.41, 5.74) is 0.974. The number of carbonyl (C=O) groups excluding carboxylic acids is 1. The number of esters is 1. The minimum atomic E-state index is -1.21. The highest BCUT2D eigenvalue weighted by Gasteiger charge is 2.34. The lowest BCUT2D eigenvalue weighted by molar-refractivity contribution is 0.00309. The van der Waals surface area contributed by atoms with Gasteiger partial charge in [-0.2, -0.15) is 0 Å². The van der Waals surface area contributed by atoms with Crippen molar-refractivity contribution in [1.29, 1.82) is 0 Å². The Morgan fingerprint density at radius 3 is 2.08 bits per heavy atom. The molecule has 0 aliphatic rings. The van der Waals surface area contributed by atoms with E-state index in [1.54, 1.807) is 24.3 Å². The molecule has 5 aromatic carbocycles. The van der Waals surface area contributed by atoms with Crippen LogP contribution >= 0.6 is 0 Å². The van der Waals surface area contributed by atoms with Gasteiger partial charge in [-0.05, 0) is 39.7 Å². The first-order valence-electron chi connectivity index (χ1n) is 11.9. The molecule has 1 atom stereocenters. The zero-order valence-electron chi connectivity index (χ0n) is 19.8. The molecule has 0 radical (unpaired) electrons. The van der Waals surface area contributed by atoms with Gasteiger partial charge in [0.15, 0.2) is 5.60 Å². The van der Waals surface area contributed by atoms with E-state index in [4.69, 9.17) is 11.2 Å². The van der Waals surface area contributed by atoms with Crippen molar-refractivity contribution in [2.45, 2.75) is 18.4 Å². The first-order chi connectivity index (χ1) is 17.7. The molecule has 0 bridgehead atoms. The van der Waals surface area contributed by atoms with Crippen LogP contribution in [0.15, 0.2) is 115 Å². The third-order valence-corrected chi connectivity index (χ3v) is 6.34. The predicted molar refractivity (Wildman–Crippen MR) is 146 cm³/mol. The van der Waals surface area contributed by atoms with Gasteiger partial charge in [-0.25, -0.2) is 4.79 Å². The molecule has 0 aliphatic carbocycles. The summed E-state index contributed by atoms with van der Waals surface area (Å²) in [4.78, 5) is 13.0. The molecule has 0 heterocycles. The molecular formula is C34H24O2. The van der Waals surface area contributed by atoms with Gasteiger partial charge >= 0.3 is 5.97 Å². The van der Waals surface area contributed by atoms with Crippen LogP contribution in [0, 0.1) is 24.2 Å². The van der Waals surface area contributed by atoms with Crippen molar-refractivity contribution in [1.82, 2.24) is 0 Å². The van der Waals surface area contributed by atoms with E-state index in [0.717, 1.165) is 21.9 Å². The zero-order valence-corrected chi connectivity index (χ0v) is 19.8. The standard InChI is InChI=1S/C34H24O2/c1-2-34(29-19-7-4-8-20-29,36-33(35)26-15-5-3-6-16-26)24-14-13-18-28-25-27-17-9-10-21-30(27)32-23-12-11-22-31(28)32/h1,3-12,15-17,19-23,25H,14,24H2. The summed E-state index contributed by atoms with van der Waals surface area (Å²) in [5, 5.41) is 4.66. The van der Waals surface area contributed by atoms with Crippen LogP contribution in [0.4, 0.5) is 0 Å². The third kappa shape index (κ3) is 4.58. The lowest BCUT2D eigenvalue weighted by Crippen LogP contribution is -2.31. The Bertz CT molecular complexity index is 1630. The highest BCUT2D eigenvalue weighted by Crippen LogP contribution is 2.32. The molecule has 2 heteroatoms. The van der Waals surface area contributed by atoms with Crippen molar-refractivity contribution >= 4 is 27.5 Å². The molecule has 0 fully saturated rings. The van der Waals surface area contributed by atoms with E-state index < -0.39 is 11.6 Å². The minimum Gasteiger partial charge on any atom is -0.438 e. The fourth-order valence-electron chi connectivity index (χ4n) is 4.49. The summed E-state index contributed by atoms with van der Waals surface area (Å²) >= 11 is 0. The molecular weight excluding hydrogens is 440 g/mol. The summed E-state index contributed by atoms with van der Waals surface area (Å²) in [6.45, 7) is 0. The number of carbonyl (C=O) groups is 1. The fraction of sp³-hybridized carbons (Fsp3) is 0.0882. The Morgan fingerprint density at radius 2 is 1.36 bits per heavy atom. The van der Waals surface area contributed by atoms with E-state index in [2.05, 4.69) is 54.2 Å². The minimum absolute atomic E-state index is 0.380. The van der Waals surface area contributed by atoms with E-state index in [1.165, 1.54) is 10.8 Å². The van der Waals surface area contributed by atoms with Crippen LogP contribution in [0.1, 0.15) is 34.3 Å². The number of rotatable bonds is 5. The topological polar surface area (TPSA) is 26.3 Å². The van der Waals surface area contributed by atoms with Gasteiger partial charge in [-0.3, -0.25) is 0 Å². The van der Waals surface area contributed by atoms with Crippen LogP contribution < -0.4 is 0 Å². The quantitative estimate of drug-likeness (QED) is 0.153. The van der Waals surface area contributed by atoms with Crippen molar-refractivity contribution in [3.8, 4) is 24.2 Å². The molecule has 2 nitrogen and oxygen atoms in total. The Labute approximate surface area is 211 Å². The summed E-state index contributed by atoms with van der Waals surface area (Å²) in [6.07, 6.45) is 6.86. The molecule has 0 saturated carbocycles. The molecule has 172 valence electrons. The van der Waals surface area contributed by atoms with Crippen LogP contribution in [-0.4, -0.2) is 5.97 Å². The van der Waals surface area contributed by atoms with Crippen molar-refractivity contribution in [3.05, 3.63) is 132 Å². The smallest absolute Gasteiger partial charge is 0.339 e. The largest absolute Gasteiger partial charge is 0.438 e. The number of hydrogen-bond donors (Lipinski definition) is 0. The lowest BCUT2D eigenvalue weighted by atomic mass is 9.89. The fourth-order valence-corrected chi connectivity index (χ4v) is 4.49. The van der Waals surface area contributed by atoms with Gasteiger partial charge in [-0.1, -0.05) is 115 Å². The maximum atomic E-state index is 13.0. The first kappa shape index (κ1) is 23.0. The molecule has 0 amide bonds. The molecule has 36 heavy (non-hydrogen) atoms. The number of benzene rings is 5. The van der Waals surface area contributed by atoms with Crippen LogP contribution in [0.5, 0.6) is 0 Å². The Morgan fingerprint density at radius 1 is 0.750 bits per heavy atom. The van der Waals surface area contributed by atoms with Gasteiger partial charge in [0.05, 0.1) is 5.56 Å². The molecule has 5 aromatic rings. The molecule has 0 aromatic heterocycles. The van der Waals surface area contributed by atoms with Crippen LogP contribution in [0.2, 0.25) is 0 Å². The molecule has 0 spiro atoms. The van der Waals surface area contributed by atoms with Crippen LogP contribution in [0.3, 0.4) is 0 Å². The third-order valence-electron chi connectivity index (χ3n) is 6.34. The van der Waals surface area contributed by atoms with Crippen molar-refractivity contribution in [3.63, 3.8) is 0 Å². The van der Waals surface area contributed by atoms with Crippen molar-refractivity contribution in [2.24, 2.45) is 0 Å². The second-order valence-corrected chi connectivity index (χ2v) is 8.59. The summed E-state index contributed by atoms with van der Waals surface area (Å²) < 4.78 is 6.00. The second kappa shape index (κ2) is 10.2. The monoisotopic (exact) mass is 464 g/mol. The highest BCUT2D eigenvalue weighted by molar-refractivity contribution is 6.09. The van der Waals surface area contributed by atoms with Gasteiger partial charge < -0.3 is 4.74 Å². The van der Waals surface area contributed by atoms with E-state index in [-0.39, 0.29) is 0 Å². The SMILES string of the molecule is C#CC(CCC#Cc1cc2ccccc2c2ccccc12)(OC(=O)c1ccccc1)c1ccccc1. The molecule has 0 aliphatic heterocycles. The highest BCUT2D eigenvalue weighted by atomic mass is 16.6. The van der Waals surface area contributed by atoms with Crippen LogP contribution in [0.25, 0.3) is 21.5 Å². The maximum Gasteiger partial charge on any atom is 0.339 e. The average molecular weight is 465 g/mol. The summed E-state index contributed by atoms with van der Waals surface area (Å²) in [7, 11) is 0. The molecule has 0 N–H and O–H groups in total. The maximum absolute atomic E-state index is 13.0. The van der Waals surface area contributed by atoms with E-state index >= 15 is 0 Å².